The summed E-state index contributed by atoms with van der Waals surface area (Å²) < 4.78 is 10.2. The number of fused-ring (bicyclic) bond motifs is 1. The number of halogens is 1. The highest BCUT2D eigenvalue weighted by Gasteiger charge is 2.30. The van der Waals surface area contributed by atoms with E-state index in [0.717, 1.165) is 36.1 Å². The standard InChI is InChI=1S/C20H22ClNO4S/c1-4-11-5-7-13-16(9-11)27-19(17(13)20(24)26-3)22-18(23)14-10-12(21)6-8-15(14)25-2/h6,8,10-11H,4-5,7,9H2,1-3H3,(H,22,23). The zero-order valence-corrected chi connectivity index (χ0v) is 17.1. The summed E-state index contributed by atoms with van der Waals surface area (Å²) >= 11 is 7.49. The van der Waals surface area contributed by atoms with Crippen molar-refractivity contribution in [3.63, 3.8) is 0 Å². The Balaban J connectivity index is 1.97. The van der Waals surface area contributed by atoms with E-state index in [2.05, 4.69) is 12.2 Å². The summed E-state index contributed by atoms with van der Waals surface area (Å²) in [6.07, 6.45) is 3.90. The fourth-order valence-electron chi connectivity index (χ4n) is 3.44. The first-order chi connectivity index (χ1) is 13.0. The molecule has 1 atom stereocenters. The Morgan fingerprint density at radius 1 is 1.33 bits per heavy atom. The van der Waals surface area contributed by atoms with E-state index in [-0.39, 0.29) is 5.91 Å². The molecule has 1 N–H and O–H groups in total. The van der Waals surface area contributed by atoms with Crippen molar-refractivity contribution < 1.29 is 19.1 Å². The molecule has 0 spiro atoms. The number of anilines is 1. The number of rotatable bonds is 5. The van der Waals surface area contributed by atoms with Gasteiger partial charge in [0.1, 0.15) is 10.8 Å². The van der Waals surface area contributed by atoms with Crippen LogP contribution in [-0.2, 0) is 17.6 Å². The van der Waals surface area contributed by atoms with E-state index in [1.165, 1.54) is 25.6 Å². The Morgan fingerprint density at radius 3 is 2.78 bits per heavy atom. The Hall–Kier alpha value is -2.05. The maximum atomic E-state index is 12.8. The number of amides is 1. The first-order valence-corrected chi connectivity index (χ1v) is 10.1. The zero-order chi connectivity index (χ0) is 19.6. The lowest BCUT2D eigenvalue weighted by Gasteiger charge is -2.20. The zero-order valence-electron chi connectivity index (χ0n) is 15.6. The number of carbonyl (C=O) groups is 2. The Bertz CT molecular complexity index is 877. The first-order valence-electron chi connectivity index (χ1n) is 8.86. The van der Waals surface area contributed by atoms with E-state index < -0.39 is 5.97 Å². The summed E-state index contributed by atoms with van der Waals surface area (Å²) in [6, 6.07) is 4.85. The van der Waals surface area contributed by atoms with Gasteiger partial charge in [-0.05, 0) is 48.9 Å². The molecule has 1 aromatic carbocycles. The van der Waals surface area contributed by atoms with Crippen LogP contribution in [-0.4, -0.2) is 26.1 Å². The van der Waals surface area contributed by atoms with E-state index in [0.29, 0.717) is 32.8 Å². The molecule has 0 fully saturated rings. The maximum Gasteiger partial charge on any atom is 0.341 e. The van der Waals surface area contributed by atoms with Crippen LogP contribution in [0.1, 0.15) is 50.9 Å². The van der Waals surface area contributed by atoms with Crippen LogP contribution in [0.2, 0.25) is 5.02 Å². The van der Waals surface area contributed by atoms with E-state index in [4.69, 9.17) is 21.1 Å². The Kier molecular flexibility index (Phi) is 6.07. The van der Waals surface area contributed by atoms with Gasteiger partial charge in [-0.15, -0.1) is 11.3 Å². The Morgan fingerprint density at radius 2 is 2.11 bits per heavy atom. The van der Waals surface area contributed by atoms with Crippen LogP contribution in [0.15, 0.2) is 18.2 Å². The first kappa shape index (κ1) is 19.7. The fourth-order valence-corrected chi connectivity index (χ4v) is 4.95. The molecular weight excluding hydrogens is 386 g/mol. The van der Waals surface area contributed by atoms with Crippen molar-refractivity contribution in [3.05, 3.63) is 44.8 Å². The predicted octanol–water partition coefficient (Wildman–Crippen LogP) is 4.96. The van der Waals surface area contributed by atoms with Gasteiger partial charge < -0.3 is 14.8 Å². The van der Waals surface area contributed by atoms with Gasteiger partial charge in [0.2, 0.25) is 0 Å². The van der Waals surface area contributed by atoms with Gasteiger partial charge in [0.05, 0.1) is 25.3 Å². The van der Waals surface area contributed by atoms with E-state index in [9.17, 15) is 9.59 Å². The molecule has 0 saturated carbocycles. The largest absolute Gasteiger partial charge is 0.496 e. The number of hydrogen-bond donors (Lipinski definition) is 1. The van der Waals surface area contributed by atoms with Crippen molar-refractivity contribution in [3.8, 4) is 5.75 Å². The summed E-state index contributed by atoms with van der Waals surface area (Å²) in [5.74, 6) is 0.239. The minimum Gasteiger partial charge on any atom is -0.496 e. The topological polar surface area (TPSA) is 64.6 Å². The predicted molar refractivity (Wildman–Crippen MR) is 107 cm³/mol. The summed E-state index contributed by atoms with van der Waals surface area (Å²) in [4.78, 5) is 26.4. The molecule has 0 saturated heterocycles. The van der Waals surface area contributed by atoms with Crippen LogP contribution in [0.25, 0.3) is 0 Å². The molecule has 27 heavy (non-hydrogen) atoms. The second-order valence-corrected chi connectivity index (χ2v) is 8.06. The van der Waals surface area contributed by atoms with Gasteiger partial charge in [-0.2, -0.15) is 0 Å². The number of benzene rings is 1. The van der Waals surface area contributed by atoms with Gasteiger partial charge in [0.15, 0.2) is 0 Å². The molecule has 1 aromatic heterocycles. The average molecular weight is 408 g/mol. The highest BCUT2D eigenvalue weighted by molar-refractivity contribution is 7.17. The molecule has 2 aromatic rings. The average Bonchev–Trinajstić information content (AvgIpc) is 3.03. The van der Waals surface area contributed by atoms with Crippen LogP contribution in [0.5, 0.6) is 5.75 Å². The molecule has 0 aliphatic heterocycles. The molecule has 0 bridgehead atoms. The van der Waals surface area contributed by atoms with E-state index >= 15 is 0 Å². The van der Waals surface area contributed by atoms with Crippen molar-refractivity contribution in [2.24, 2.45) is 5.92 Å². The number of carbonyl (C=O) groups excluding carboxylic acids is 2. The molecule has 1 heterocycles. The van der Waals surface area contributed by atoms with Gasteiger partial charge in [0.25, 0.3) is 5.91 Å². The molecule has 1 aliphatic carbocycles. The second kappa shape index (κ2) is 8.31. The van der Waals surface area contributed by atoms with Crippen LogP contribution in [0.4, 0.5) is 5.00 Å². The van der Waals surface area contributed by atoms with Gasteiger partial charge in [0, 0.05) is 9.90 Å². The SMILES string of the molecule is CCC1CCc2c(sc(NC(=O)c3cc(Cl)ccc3OC)c2C(=O)OC)C1. The number of methoxy groups -OCH3 is 2. The normalized spacial score (nSPS) is 15.8. The molecule has 1 amide bonds. The number of esters is 1. The number of nitrogens with one attached hydrogen (secondary N) is 1. The van der Waals surface area contributed by atoms with Crippen molar-refractivity contribution in [1.29, 1.82) is 0 Å². The number of hydrogen-bond acceptors (Lipinski definition) is 5. The Labute approximate surface area is 167 Å². The smallest absolute Gasteiger partial charge is 0.341 e. The molecule has 0 radical (unpaired) electrons. The number of thiophene rings is 1. The van der Waals surface area contributed by atoms with Gasteiger partial charge in [-0.25, -0.2) is 4.79 Å². The summed E-state index contributed by atoms with van der Waals surface area (Å²) in [7, 11) is 2.85. The minimum absolute atomic E-state index is 0.318. The highest BCUT2D eigenvalue weighted by atomic mass is 35.5. The van der Waals surface area contributed by atoms with Crippen molar-refractivity contribution >= 4 is 39.8 Å². The molecule has 3 rings (SSSR count). The molecule has 7 heteroatoms. The van der Waals surface area contributed by atoms with Crippen LogP contribution in [0.3, 0.4) is 0 Å². The lowest BCUT2D eigenvalue weighted by molar-refractivity contribution is 0.0601. The fraction of sp³-hybridized carbons (Fsp3) is 0.400. The van der Waals surface area contributed by atoms with Crippen molar-refractivity contribution in [1.82, 2.24) is 0 Å². The summed E-state index contributed by atoms with van der Waals surface area (Å²) in [5, 5.41) is 3.83. The molecular formula is C20H22ClNO4S. The maximum absolute atomic E-state index is 12.8. The van der Waals surface area contributed by atoms with Gasteiger partial charge in [-0.3, -0.25) is 4.79 Å². The lowest BCUT2D eigenvalue weighted by Crippen LogP contribution is -2.17. The third-order valence-electron chi connectivity index (χ3n) is 4.97. The molecule has 144 valence electrons. The minimum atomic E-state index is -0.421. The van der Waals surface area contributed by atoms with Gasteiger partial charge >= 0.3 is 5.97 Å². The van der Waals surface area contributed by atoms with Gasteiger partial charge in [-0.1, -0.05) is 24.9 Å². The second-order valence-electron chi connectivity index (χ2n) is 6.52. The lowest BCUT2D eigenvalue weighted by atomic mass is 9.85. The molecule has 5 nitrogen and oxygen atoms in total. The third-order valence-corrected chi connectivity index (χ3v) is 6.37. The van der Waals surface area contributed by atoms with Crippen LogP contribution in [0, 0.1) is 5.92 Å². The quantitative estimate of drug-likeness (QED) is 0.711. The van der Waals surface area contributed by atoms with Crippen molar-refractivity contribution in [2.45, 2.75) is 32.6 Å². The summed E-state index contributed by atoms with van der Waals surface area (Å²) in [5.41, 5.74) is 1.80. The number of ether oxygens (including phenoxy) is 2. The monoisotopic (exact) mass is 407 g/mol. The third kappa shape index (κ3) is 3.96. The van der Waals surface area contributed by atoms with E-state index in [1.54, 1.807) is 18.2 Å². The molecule has 1 unspecified atom stereocenters. The van der Waals surface area contributed by atoms with Crippen LogP contribution >= 0.6 is 22.9 Å². The van der Waals surface area contributed by atoms with E-state index in [1.807, 2.05) is 0 Å². The van der Waals surface area contributed by atoms with Crippen LogP contribution < -0.4 is 10.1 Å². The van der Waals surface area contributed by atoms with Crippen molar-refractivity contribution in [2.75, 3.05) is 19.5 Å². The molecule has 1 aliphatic rings. The highest BCUT2D eigenvalue weighted by Crippen LogP contribution is 2.41. The summed E-state index contributed by atoms with van der Waals surface area (Å²) in [6.45, 7) is 2.18.